The minimum atomic E-state index is 0.600. The van der Waals surface area contributed by atoms with Crippen LogP contribution in [0.1, 0.15) is 5.56 Å². The van der Waals surface area contributed by atoms with Gasteiger partial charge in [-0.3, -0.25) is 4.98 Å². The van der Waals surface area contributed by atoms with Gasteiger partial charge in [0.2, 0.25) is 0 Å². The molecule has 4 heteroatoms. The molecule has 0 aliphatic carbocycles. The Bertz CT molecular complexity index is 451. The molecule has 1 N–H and O–H groups in total. The van der Waals surface area contributed by atoms with E-state index < -0.39 is 0 Å². The van der Waals surface area contributed by atoms with E-state index in [9.17, 15) is 0 Å². The van der Waals surface area contributed by atoms with Crippen molar-refractivity contribution in [2.75, 3.05) is 5.32 Å². The summed E-state index contributed by atoms with van der Waals surface area (Å²) in [6.07, 6.45) is 3.47. The van der Waals surface area contributed by atoms with E-state index >= 15 is 0 Å². The molecule has 0 fully saturated rings. The molecule has 0 radical (unpaired) electrons. The highest BCUT2D eigenvalue weighted by atomic mass is 35.5. The Kier molecular flexibility index (Phi) is 3.65. The Morgan fingerprint density at radius 2 is 1.62 bits per heavy atom. The molecule has 16 heavy (non-hydrogen) atoms. The molecule has 0 spiro atoms. The molecule has 2 aromatic rings. The lowest BCUT2D eigenvalue weighted by molar-refractivity contribution is 1.14. The van der Waals surface area contributed by atoms with E-state index in [1.807, 2.05) is 30.3 Å². The molecular formula is C12H10Cl2N2. The molecule has 82 valence electrons. The maximum absolute atomic E-state index is 6.06. The predicted molar refractivity (Wildman–Crippen MR) is 68.0 cm³/mol. The summed E-state index contributed by atoms with van der Waals surface area (Å²) in [6.45, 7) is 0.600. The lowest BCUT2D eigenvalue weighted by Crippen LogP contribution is -2.00. The number of anilines is 1. The summed E-state index contributed by atoms with van der Waals surface area (Å²) in [4.78, 5) is 3.94. The van der Waals surface area contributed by atoms with E-state index in [0.29, 0.717) is 16.6 Å². The Balaban J connectivity index is 2.11. The Labute approximate surface area is 104 Å². The van der Waals surface area contributed by atoms with E-state index in [0.717, 1.165) is 11.3 Å². The van der Waals surface area contributed by atoms with Crippen molar-refractivity contribution in [1.29, 1.82) is 0 Å². The molecule has 1 aromatic carbocycles. The third kappa shape index (κ3) is 2.65. The number of hydrogen-bond donors (Lipinski definition) is 1. The van der Waals surface area contributed by atoms with Gasteiger partial charge in [-0.15, -0.1) is 0 Å². The first kappa shape index (κ1) is 11.2. The molecule has 2 nitrogen and oxygen atoms in total. The maximum Gasteiger partial charge on any atom is 0.0470 e. The Morgan fingerprint density at radius 1 is 1.00 bits per heavy atom. The van der Waals surface area contributed by atoms with Crippen LogP contribution in [0.15, 0.2) is 42.7 Å². The molecule has 1 heterocycles. The second-order valence-corrected chi connectivity index (χ2v) is 4.10. The summed E-state index contributed by atoms with van der Waals surface area (Å²) in [5, 5.41) is 4.58. The van der Waals surface area contributed by atoms with Crippen LogP contribution in [0.25, 0.3) is 0 Å². The number of aromatic nitrogens is 1. The van der Waals surface area contributed by atoms with Crippen molar-refractivity contribution in [1.82, 2.24) is 4.98 Å². The molecule has 0 aliphatic heterocycles. The fourth-order valence-electron chi connectivity index (χ4n) is 1.36. The highest BCUT2D eigenvalue weighted by Crippen LogP contribution is 2.24. The van der Waals surface area contributed by atoms with Crippen LogP contribution in [0, 0.1) is 0 Å². The van der Waals surface area contributed by atoms with Crippen molar-refractivity contribution in [3.05, 3.63) is 58.3 Å². The van der Waals surface area contributed by atoms with Crippen molar-refractivity contribution in [3.8, 4) is 0 Å². The first-order chi connectivity index (χ1) is 7.77. The lowest BCUT2D eigenvalue weighted by atomic mass is 10.2. The van der Waals surface area contributed by atoms with Crippen LogP contribution in [0.2, 0.25) is 10.0 Å². The summed E-state index contributed by atoms with van der Waals surface area (Å²) in [5.41, 5.74) is 1.90. The zero-order chi connectivity index (χ0) is 11.4. The number of pyridine rings is 1. The van der Waals surface area contributed by atoms with Gasteiger partial charge in [0.15, 0.2) is 0 Å². The summed E-state index contributed by atoms with van der Waals surface area (Å²) in [5.74, 6) is 0. The second-order valence-electron chi connectivity index (χ2n) is 3.29. The van der Waals surface area contributed by atoms with Crippen molar-refractivity contribution in [3.63, 3.8) is 0 Å². The van der Waals surface area contributed by atoms with E-state index in [1.165, 1.54) is 0 Å². The van der Waals surface area contributed by atoms with Gasteiger partial charge in [-0.2, -0.15) is 0 Å². The molecule has 1 aromatic heterocycles. The average Bonchev–Trinajstić information content (AvgIpc) is 2.30. The van der Waals surface area contributed by atoms with Gasteiger partial charge in [-0.05, 0) is 24.3 Å². The smallest absolute Gasteiger partial charge is 0.0470 e. The minimum absolute atomic E-state index is 0.600. The van der Waals surface area contributed by atoms with Crippen LogP contribution in [0.3, 0.4) is 0 Å². The number of rotatable bonds is 3. The van der Waals surface area contributed by atoms with E-state index in [2.05, 4.69) is 10.3 Å². The molecule has 0 unspecified atom stereocenters. The first-order valence-corrected chi connectivity index (χ1v) is 5.60. The van der Waals surface area contributed by atoms with Crippen LogP contribution < -0.4 is 5.32 Å². The fourth-order valence-corrected chi connectivity index (χ4v) is 1.89. The number of halogens is 2. The van der Waals surface area contributed by atoms with Crippen LogP contribution >= 0.6 is 23.2 Å². The third-order valence-corrected chi connectivity index (χ3v) is 2.92. The molecule has 0 bridgehead atoms. The van der Waals surface area contributed by atoms with Crippen LogP contribution in [0.5, 0.6) is 0 Å². The van der Waals surface area contributed by atoms with Crippen molar-refractivity contribution >= 4 is 28.9 Å². The summed E-state index contributed by atoms with van der Waals surface area (Å²) in [7, 11) is 0. The number of benzene rings is 1. The van der Waals surface area contributed by atoms with Crippen molar-refractivity contribution in [2.24, 2.45) is 0 Å². The zero-order valence-corrected chi connectivity index (χ0v) is 9.96. The highest BCUT2D eigenvalue weighted by molar-refractivity contribution is 6.36. The summed E-state index contributed by atoms with van der Waals surface area (Å²) >= 11 is 12.1. The third-order valence-electron chi connectivity index (χ3n) is 2.21. The standard InChI is InChI=1S/C12H10Cl2N2/c13-11-2-1-3-12(14)10(11)8-16-9-4-6-15-7-5-9/h1-7H,8H2,(H,15,16). The van der Waals surface area contributed by atoms with E-state index in [-0.39, 0.29) is 0 Å². The summed E-state index contributed by atoms with van der Waals surface area (Å²) in [6, 6.07) is 9.28. The van der Waals surface area contributed by atoms with Crippen LogP contribution in [-0.4, -0.2) is 4.98 Å². The SMILES string of the molecule is Clc1cccc(Cl)c1CNc1ccncc1. The van der Waals surface area contributed by atoms with Gasteiger partial charge >= 0.3 is 0 Å². The van der Waals surface area contributed by atoms with E-state index in [4.69, 9.17) is 23.2 Å². The van der Waals surface area contributed by atoms with Crippen molar-refractivity contribution in [2.45, 2.75) is 6.54 Å². The summed E-state index contributed by atoms with van der Waals surface area (Å²) < 4.78 is 0. The molecule has 0 aliphatic rings. The quantitative estimate of drug-likeness (QED) is 0.894. The number of nitrogens with zero attached hydrogens (tertiary/aromatic N) is 1. The van der Waals surface area contributed by atoms with Gasteiger partial charge in [0.05, 0.1) is 0 Å². The largest absolute Gasteiger partial charge is 0.381 e. The predicted octanol–water partition coefficient (Wildman–Crippen LogP) is 4.00. The molecular weight excluding hydrogens is 243 g/mol. The molecule has 0 saturated carbocycles. The molecule has 0 atom stereocenters. The highest BCUT2D eigenvalue weighted by Gasteiger charge is 2.04. The molecule has 2 rings (SSSR count). The van der Waals surface area contributed by atoms with E-state index in [1.54, 1.807) is 12.4 Å². The zero-order valence-electron chi connectivity index (χ0n) is 8.45. The van der Waals surface area contributed by atoms with Gasteiger partial charge in [-0.1, -0.05) is 29.3 Å². The normalized spacial score (nSPS) is 10.1. The second kappa shape index (κ2) is 5.19. The first-order valence-electron chi connectivity index (χ1n) is 4.84. The van der Waals surface area contributed by atoms with Crippen LogP contribution in [0.4, 0.5) is 5.69 Å². The average molecular weight is 253 g/mol. The topological polar surface area (TPSA) is 24.9 Å². The monoisotopic (exact) mass is 252 g/mol. The molecule has 0 saturated heterocycles. The minimum Gasteiger partial charge on any atom is -0.381 e. The lowest BCUT2D eigenvalue weighted by Gasteiger charge is -2.09. The Morgan fingerprint density at radius 3 is 2.25 bits per heavy atom. The fraction of sp³-hybridized carbons (Fsp3) is 0.0833. The Hall–Kier alpha value is -1.25. The maximum atomic E-state index is 6.06. The van der Waals surface area contributed by atoms with Crippen molar-refractivity contribution < 1.29 is 0 Å². The number of nitrogens with one attached hydrogen (secondary N) is 1. The van der Waals surface area contributed by atoms with Gasteiger partial charge in [0, 0.05) is 40.2 Å². The van der Waals surface area contributed by atoms with Gasteiger partial charge in [0.1, 0.15) is 0 Å². The van der Waals surface area contributed by atoms with Gasteiger partial charge in [0.25, 0.3) is 0 Å². The van der Waals surface area contributed by atoms with Gasteiger partial charge < -0.3 is 5.32 Å². The number of hydrogen-bond acceptors (Lipinski definition) is 2. The molecule has 0 amide bonds. The van der Waals surface area contributed by atoms with Crippen LogP contribution in [-0.2, 0) is 6.54 Å². The van der Waals surface area contributed by atoms with Gasteiger partial charge in [-0.25, -0.2) is 0 Å².